The molecule has 3 aromatic rings. The number of amides is 1. The maximum absolute atomic E-state index is 12.0. The first-order chi connectivity index (χ1) is 13.6. The van der Waals surface area contributed by atoms with Crippen molar-refractivity contribution in [1.82, 2.24) is 5.32 Å². The van der Waals surface area contributed by atoms with Crippen LogP contribution in [0, 0.1) is 11.8 Å². The number of carboxylic acid groups (broad SMARTS) is 1. The first kappa shape index (κ1) is 18.9. The van der Waals surface area contributed by atoms with Crippen LogP contribution in [0.1, 0.15) is 11.1 Å². The molecule has 0 fully saturated rings. The lowest BCUT2D eigenvalue weighted by molar-refractivity contribution is -0.141. The van der Waals surface area contributed by atoms with Gasteiger partial charge in [0.15, 0.2) is 0 Å². The summed E-state index contributed by atoms with van der Waals surface area (Å²) in [5.41, 5.74) is 3.66. The Balaban J connectivity index is 1.65. The van der Waals surface area contributed by atoms with Gasteiger partial charge in [-0.3, -0.25) is 4.79 Å². The maximum atomic E-state index is 12.0. The second-order valence-electron chi connectivity index (χ2n) is 6.25. The first-order valence-electron chi connectivity index (χ1n) is 8.86. The van der Waals surface area contributed by atoms with Crippen LogP contribution in [-0.2, 0) is 16.0 Å². The van der Waals surface area contributed by atoms with Crippen molar-refractivity contribution < 1.29 is 14.7 Å². The third kappa shape index (κ3) is 5.33. The summed E-state index contributed by atoms with van der Waals surface area (Å²) in [7, 11) is 0. The number of hydrogen-bond donors (Lipinski definition) is 2. The van der Waals surface area contributed by atoms with E-state index in [9.17, 15) is 14.7 Å². The Hall–Kier alpha value is -3.84. The molecule has 2 N–H and O–H groups in total. The summed E-state index contributed by atoms with van der Waals surface area (Å²) < 4.78 is 0. The quantitative estimate of drug-likeness (QED) is 0.677. The summed E-state index contributed by atoms with van der Waals surface area (Å²) in [6, 6.07) is 25.6. The summed E-state index contributed by atoms with van der Waals surface area (Å²) in [5.74, 6) is 3.45. The van der Waals surface area contributed by atoms with E-state index < -0.39 is 17.9 Å². The number of hydrogen-bond acceptors (Lipinski definition) is 2. The summed E-state index contributed by atoms with van der Waals surface area (Å²) >= 11 is 0. The van der Waals surface area contributed by atoms with E-state index in [1.165, 1.54) is 0 Å². The lowest BCUT2D eigenvalue weighted by atomic mass is 10.0. The fraction of sp³-hybridized carbons (Fsp3) is 0.0833. The van der Waals surface area contributed by atoms with Crippen molar-refractivity contribution >= 4 is 11.9 Å². The van der Waals surface area contributed by atoms with Crippen LogP contribution in [0.15, 0.2) is 84.9 Å². The molecule has 0 spiro atoms. The van der Waals surface area contributed by atoms with Gasteiger partial charge in [0.05, 0.1) is 0 Å². The van der Waals surface area contributed by atoms with Crippen molar-refractivity contribution in [2.75, 3.05) is 0 Å². The highest BCUT2D eigenvalue weighted by molar-refractivity contribution is 5.96. The topological polar surface area (TPSA) is 66.4 Å². The average Bonchev–Trinajstić information content (AvgIpc) is 2.73. The van der Waals surface area contributed by atoms with Crippen LogP contribution >= 0.6 is 0 Å². The second kappa shape index (κ2) is 9.20. The zero-order valence-corrected chi connectivity index (χ0v) is 15.1. The Labute approximate surface area is 163 Å². The molecule has 0 aliphatic carbocycles. The Bertz CT molecular complexity index is 1000. The van der Waals surface area contributed by atoms with E-state index in [-0.39, 0.29) is 6.42 Å². The van der Waals surface area contributed by atoms with Gasteiger partial charge in [-0.15, -0.1) is 0 Å². The molecule has 4 nitrogen and oxygen atoms in total. The van der Waals surface area contributed by atoms with E-state index in [0.29, 0.717) is 5.56 Å². The van der Waals surface area contributed by atoms with Gasteiger partial charge >= 0.3 is 5.97 Å². The minimum atomic E-state index is -1.10. The molecule has 138 valence electrons. The molecular formula is C24H19NO3. The minimum Gasteiger partial charge on any atom is -0.480 e. The number of carboxylic acids is 1. The molecule has 0 aromatic heterocycles. The zero-order chi connectivity index (χ0) is 19.8. The molecule has 0 radical (unpaired) electrons. The van der Waals surface area contributed by atoms with Gasteiger partial charge in [0.25, 0.3) is 5.91 Å². The Morgan fingerprint density at radius 1 is 0.821 bits per heavy atom. The van der Waals surface area contributed by atoms with Gasteiger partial charge in [-0.05, 0) is 28.8 Å². The van der Waals surface area contributed by atoms with Crippen molar-refractivity contribution in [1.29, 1.82) is 0 Å². The summed E-state index contributed by atoms with van der Waals surface area (Å²) in [6.45, 7) is 0. The standard InChI is InChI=1S/C24H19NO3/c26-23(16-13-18-7-3-1-4-8-18)25-22(24(27)28)17-19-11-14-21(15-12-19)20-9-5-2-6-10-20/h1-12,14-15,22H,17H2,(H,25,26)(H,27,28). The lowest BCUT2D eigenvalue weighted by Crippen LogP contribution is -2.41. The van der Waals surface area contributed by atoms with E-state index >= 15 is 0 Å². The molecular weight excluding hydrogens is 350 g/mol. The van der Waals surface area contributed by atoms with Crippen molar-refractivity contribution in [2.24, 2.45) is 0 Å². The van der Waals surface area contributed by atoms with Crippen LogP contribution in [0.25, 0.3) is 11.1 Å². The molecule has 4 heteroatoms. The number of nitrogens with one attached hydrogen (secondary N) is 1. The van der Waals surface area contributed by atoms with Gasteiger partial charge in [-0.1, -0.05) is 78.7 Å². The normalized spacial score (nSPS) is 11.0. The highest BCUT2D eigenvalue weighted by Gasteiger charge is 2.19. The van der Waals surface area contributed by atoms with Crippen LogP contribution in [0.5, 0.6) is 0 Å². The highest BCUT2D eigenvalue weighted by Crippen LogP contribution is 2.19. The Kier molecular flexibility index (Phi) is 6.22. The third-order valence-electron chi connectivity index (χ3n) is 4.20. The molecule has 1 amide bonds. The van der Waals surface area contributed by atoms with Crippen molar-refractivity contribution in [3.05, 3.63) is 96.1 Å². The molecule has 0 bridgehead atoms. The molecule has 0 aliphatic rings. The molecule has 0 saturated carbocycles. The molecule has 1 atom stereocenters. The van der Waals surface area contributed by atoms with E-state index in [0.717, 1.165) is 16.7 Å². The Morgan fingerprint density at radius 3 is 2.00 bits per heavy atom. The van der Waals surface area contributed by atoms with E-state index in [1.807, 2.05) is 72.8 Å². The van der Waals surface area contributed by atoms with Gasteiger partial charge < -0.3 is 10.4 Å². The largest absolute Gasteiger partial charge is 0.480 e. The van der Waals surface area contributed by atoms with Gasteiger partial charge in [0, 0.05) is 17.9 Å². The molecule has 0 heterocycles. The summed E-state index contributed by atoms with van der Waals surface area (Å²) in [4.78, 5) is 23.6. The first-order valence-corrected chi connectivity index (χ1v) is 8.86. The lowest BCUT2D eigenvalue weighted by Gasteiger charge is -2.13. The van der Waals surface area contributed by atoms with E-state index in [2.05, 4.69) is 17.2 Å². The number of carbonyl (C=O) groups is 2. The predicted molar refractivity (Wildman–Crippen MR) is 108 cm³/mol. The number of benzene rings is 3. The second-order valence-corrected chi connectivity index (χ2v) is 6.25. The minimum absolute atomic E-state index is 0.184. The summed E-state index contributed by atoms with van der Waals surface area (Å²) in [5, 5.41) is 11.9. The molecule has 0 aliphatic heterocycles. The fourth-order valence-electron chi connectivity index (χ4n) is 2.74. The zero-order valence-electron chi connectivity index (χ0n) is 15.1. The third-order valence-corrected chi connectivity index (χ3v) is 4.20. The van der Waals surface area contributed by atoms with Gasteiger partial charge in [-0.25, -0.2) is 4.79 Å². The van der Waals surface area contributed by atoms with Crippen molar-refractivity contribution in [2.45, 2.75) is 12.5 Å². The molecule has 28 heavy (non-hydrogen) atoms. The predicted octanol–water partition coefficient (Wildman–Crippen LogP) is 3.52. The van der Waals surface area contributed by atoms with Crippen LogP contribution in [0.3, 0.4) is 0 Å². The SMILES string of the molecule is O=C(C#Cc1ccccc1)NC(Cc1ccc(-c2ccccc2)cc1)C(=O)O. The molecule has 0 saturated heterocycles. The number of rotatable bonds is 5. The van der Waals surface area contributed by atoms with Crippen LogP contribution in [-0.4, -0.2) is 23.0 Å². The molecule has 1 unspecified atom stereocenters. The highest BCUT2D eigenvalue weighted by atomic mass is 16.4. The van der Waals surface area contributed by atoms with Crippen LogP contribution < -0.4 is 5.32 Å². The van der Waals surface area contributed by atoms with Gasteiger partial charge in [0.2, 0.25) is 0 Å². The average molecular weight is 369 g/mol. The smallest absolute Gasteiger partial charge is 0.326 e. The molecule has 3 aromatic carbocycles. The van der Waals surface area contributed by atoms with Crippen LogP contribution in [0.2, 0.25) is 0 Å². The van der Waals surface area contributed by atoms with Gasteiger partial charge in [-0.2, -0.15) is 0 Å². The van der Waals surface area contributed by atoms with Crippen molar-refractivity contribution in [3.8, 4) is 23.0 Å². The Morgan fingerprint density at radius 2 is 1.39 bits per heavy atom. The summed E-state index contributed by atoms with van der Waals surface area (Å²) in [6.07, 6.45) is 0.184. The maximum Gasteiger partial charge on any atom is 0.326 e. The number of carbonyl (C=O) groups excluding carboxylic acids is 1. The van der Waals surface area contributed by atoms with Gasteiger partial charge in [0.1, 0.15) is 6.04 Å². The fourth-order valence-corrected chi connectivity index (χ4v) is 2.74. The molecule has 3 rings (SSSR count). The monoisotopic (exact) mass is 369 g/mol. The van der Waals surface area contributed by atoms with Crippen LogP contribution in [0.4, 0.5) is 0 Å². The van der Waals surface area contributed by atoms with E-state index in [4.69, 9.17) is 0 Å². The van der Waals surface area contributed by atoms with Crippen molar-refractivity contribution in [3.63, 3.8) is 0 Å². The number of aliphatic carboxylic acids is 1. The van der Waals surface area contributed by atoms with E-state index in [1.54, 1.807) is 12.1 Å².